The van der Waals surface area contributed by atoms with Crippen LogP contribution in [0.5, 0.6) is 0 Å². The van der Waals surface area contributed by atoms with Crippen molar-refractivity contribution in [2.75, 3.05) is 5.32 Å². The van der Waals surface area contributed by atoms with Crippen LogP contribution < -0.4 is 5.32 Å². The molecule has 2 N–H and O–H groups in total. The second kappa shape index (κ2) is 4.97. The summed E-state index contributed by atoms with van der Waals surface area (Å²) in [7, 11) is 0. The monoisotopic (exact) mass is 243 g/mol. The zero-order valence-corrected chi connectivity index (χ0v) is 9.25. The normalized spacial score (nSPS) is 9.72. The van der Waals surface area contributed by atoms with Crippen LogP contribution in [0.25, 0.3) is 0 Å². The molecule has 0 aliphatic heterocycles. The molecule has 2 aromatic rings. The second-order valence-electron chi connectivity index (χ2n) is 3.53. The van der Waals surface area contributed by atoms with E-state index in [1.165, 1.54) is 12.1 Å². The summed E-state index contributed by atoms with van der Waals surface area (Å²) in [5.74, 6) is 0. The summed E-state index contributed by atoms with van der Waals surface area (Å²) >= 11 is 0. The molecule has 0 saturated carbocycles. The number of nitrogens with one attached hydrogen (secondary N) is 2. The molecule has 0 aliphatic rings. The van der Waals surface area contributed by atoms with E-state index < -0.39 is 4.92 Å². The van der Waals surface area contributed by atoms with Gasteiger partial charge in [0.15, 0.2) is 0 Å². The quantitative estimate of drug-likeness (QED) is 0.628. The molecule has 0 atom stereocenters. The first-order chi connectivity index (χ1) is 8.70. The van der Waals surface area contributed by atoms with Crippen LogP contribution in [0.2, 0.25) is 0 Å². The highest BCUT2D eigenvalue weighted by atomic mass is 16.6. The van der Waals surface area contributed by atoms with E-state index in [1.54, 1.807) is 24.7 Å². The van der Waals surface area contributed by atoms with Crippen LogP contribution in [0.15, 0.2) is 30.7 Å². The van der Waals surface area contributed by atoms with E-state index in [-0.39, 0.29) is 11.3 Å². The average molecular weight is 243 g/mol. The third kappa shape index (κ3) is 2.44. The van der Waals surface area contributed by atoms with E-state index in [4.69, 9.17) is 5.26 Å². The van der Waals surface area contributed by atoms with Gasteiger partial charge in [-0.15, -0.1) is 0 Å². The Kier molecular flexibility index (Phi) is 3.20. The molecule has 0 saturated heterocycles. The maximum atomic E-state index is 10.8. The number of hydrogen-bond donors (Lipinski definition) is 2. The molecule has 90 valence electrons. The highest BCUT2D eigenvalue weighted by Crippen LogP contribution is 2.22. The van der Waals surface area contributed by atoms with Crippen molar-refractivity contribution in [2.45, 2.75) is 6.54 Å². The number of aromatic nitrogens is 2. The maximum Gasteiger partial charge on any atom is 0.289 e. The first kappa shape index (κ1) is 11.6. The summed E-state index contributed by atoms with van der Waals surface area (Å²) in [4.78, 5) is 17.0. The lowest BCUT2D eigenvalue weighted by molar-refractivity contribution is -0.385. The maximum absolute atomic E-state index is 10.8. The molecule has 0 aliphatic carbocycles. The molecule has 0 amide bonds. The van der Waals surface area contributed by atoms with Gasteiger partial charge in [-0.2, -0.15) is 5.26 Å². The van der Waals surface area contributed by atoms with Crippen LogP contribution in [0.1, 0.15) is 11.3 Å². The molecule has 0 spiro atoms. The zero-order valence-electron chi connectivity index (χ0n) is 9.25. The first-order valence-electron chi connectivity index (χ1n) is 5.10. The topological polar surface area (TPSA) is 108 Å². The van der Waals surface area contributed by atoms with Gasteiger partial charge in [0.2, 0.25) is 0 Å². The Morgan fingerprint density at radius 1 is 1.56 bits per heavy atom. The summed E-state index contributed by atoms with van der Waals surface area (Å²) in [5, 5.41) is 22.5. The summed E-state index contributed by atoms with van der Waals surface area (Å²) in [5.41, 5.74) is 1.29. The minimum Gasteiger partial charge on any atom is -0.379 e. The van der Waals surface area contributed by atoms with Crippen LogP contribution >= 0.6 is 0 Å². The third-order valence-corrected chi connectivity index (χ3v) is 2.35. The fourth-order valence-electron chi connectivity index (χ4n) is 1.47. The van der Waals surface area contributed by atoms with Crippen molar-refractivity contribution in [1.29, 1.82) is 5.26 Å². The zero-order chi connectivity index (χ0) is 13.0. The number of aromatic amines is 1. The number of rotatable bonds is 4. The Morgan fingerprint density at radius 2 is 2.39 bits per heavy atom. The van der Waals surface area contributed by atoms with E-state index >= 15 is 0 Å². The lowest BCUT2D eigenvalue weighted by atomic mass is 10.2. The van der Waals surface area contributed by atoms with Crippen LogP contribution in [-0.2, 0) is 6.54 Å². The summed E-state index contributed by atoms with van der Waals surface area (Å²) in [6, 6.07) is 6.18. The van der Waals surface area contributed by atoms with Gasteiger partial charge in [0.05, 0.1) is 23.5 Å². The van der Waals surface area contributed by atoms with Crippen molar-refractivity contribution in [1.82, 2.24) is 9.97 Å². The minimum atomic E-state index is -0.570. The van der Waals surface area contributed by atoms with Crippen LogP contribution in [-0.4, -0.2) is 14.9 Å². The molecule has 0 radical (unpaired) electrons. The molecule has 0 bridgehead atoms. The van der Waals surface area contributed by atoms with Gasteiger partial charge in [-0.3, -0.25) is 10.1 Å². The van der Waals surface area contributed by atoms with Gasteiger partial charge < -0.3 is 10.3 Å². The van der Waals surface area contributed by atoms with Gasteiger partial charge in [-0.25, -0.2) is 4.98 Å². The number of nitriles is 1. The number of H-pyrrole nitrogens is 1. The highest BCUT2D eigenvalue weighted by molar-refractivity contribution is 5.59. The molecule has 1 heterocycles. The van der Waals surface area contributed by atoms with E-state index in [0.29, 0.717) is 12.2 Å². The average Bonchev–Trinajstić information content (AvgIpc) is 2.89. The Labute approximate surface area is 102 Å². The van der Waals surface area contributed by atoms with Crippen molar-refractivity contribution in [2.24, 2.45) is 0 Å². The Morgan fingerprint density at radius 3 is 3.00 bits per heavy atom. The lowest BCUT2D eigenvalue weighted by Gasteiger charge is -2.05. The van der Waals surface area contributed by atoms with Crippen molar-refractivity contribution in [3.63, 3.8) is 0 Å². The smallest absolute Gasteiger partial charge is 0.289 e. The number of nitrogens with zero attached hydrogens (tertiary/aromatic N) is 3. The van der Waals surface area contributed by atoms with Crippen molar-refractivity contribution in [3.8, 4) is 6.07 Å². The molecular formula is C11H9N5O2. The van der Waals surface area contributed by atoms with Gasteiger partial charge >= 0.3 is 0 Å². The predicted octanol–water partition coefficient (Wildman–Crippen LogP) is 1.80. The largest absolute Gasteiger partial charge is 0.379 e. The highest BCUT2D eigenvalue weighted by Gasteiger charge is 2.13. The number of nitro groups is 1. The molecule has 2 rings (SSSR count). The van der Waals surface area contributed by atoms with Crippen molar-refractivity contribution < 1.29 is 4.92 Å². The Bertz CT molecular complexity index is 600. The second-order valence-corrected chi connectivity index (χ2v) is 3.53. The SMILES string of the molecule is N#Cc1ccc(NCc2cnc[nH]2)cc1[N+](=O)[O-]. The fraction of sp³-hybridized carbons (Fsp3) is 0.0909. The molecule has 1 aromatic carbocycles. The third-order valence-electron chi connectivity index (χ3n) is 2.35. The minimum absolute atomic E-state index is 0.0482. The molecule has 7 nitrogen and oxygen atoms in total. The Balaban J connectivity index is 2.17. The Hall–Kier alpha value is -2.88. The molecule has 7 heteroatoms. The van der Waals surface area contributed by atoms with Crippen molar-refractivity contribution >= 4 is 11.4 Å². The molecule has 0 unspecified atom stereocenters. The van der Waals surface area contributed by atoms with E-state index in [0.717, 1.165) is 5.69 Å². The van der Waals surface area contributed by atoms with Crippen molar-refractivity contribution in [3.05, 3.63) is 52.1 Å². The molecule has 1 aromatic heterocycles. The lowest BCUT2D eigenvalue weighted by Crippen LogP contribution is -2.01. The van der Waals surface area contributed by atoms with Gasteiger partial charge in [-0.1, -0.05) is 0 Å². The van der Waals surface area contributed by atoms with Crippen LogP contribution in [0, 0.1) is 21.4 Å². The van der Waals surface area contributed by atoms with Gasteiger partial charge in [0.1, 0.15) is 11.6 Å². The summed E-state index contributed by atoms with van der Waals surface area (Å²) < 4.78 is 0. The molecular weight excluding hydrogens is 234 g/mol. The summed E-state index contributed by atoms with van der Waals surface area (Å²) in [6.45, 7) is 0.475. The standard InChI is InChI=1S/C11H9N5O2/c12-4-8-1-2-9(3-11(8)16(17)18)14-6-10-5-13-7-15-10/h1-3,5,7,14H,6H2,(H,13,15). The fourth-order valence-corrected chi connectivity index (χ4v) is 1.47. The molecule has 0 fully saturated rings. The number of nitro benzene ring substituents is 1. The van der Waals surface area contributed by atoms with E-state index in [9.17, 15) is 10.1 Å². The van der Waals surface area contributed by atoms with Gasteiger partial charge in [0, 0.05) is 18.0 Å². The number of hydrogen-bond acceptors (Lipinski definition) is 5. The number of benzene rings is 1. The van der Waals surface area contributed by atoms with Gasteiger partial charge in [0.25, 0.3) is 5.69 Å². The molecule has 18 heavy (non-hydrogen) atoms. The van der Waals surface area contributed by atoms with E-state index in [1.807, 2.05) is 0 Å². The van der Waals surface area contributed by atoms with E-state index in [2.05, 4.69) is 15.3 Å². The van der Waals surface area contributed by atoms with Gasteiger partial charge in [-0.05, 0) is 12.1 Å². The predicted molar refractivity (Wildman–Crippen MR) is 63.7 cm³/mol. The number of anilines is 1. The number of imidazole rings is 1. The first-order valence-corrected chi connectivity index (χ1v) is 5.10. The van der Waals surface area contributed by atoms with Crippen LogP contribution in [0.3, 0.4) is 0 Å². The van der Waals surface area contributed by atoms with Crippen LogP contribution in [0.4, 0.5) is 11.4 Å². The summed E-state index contributed by atoms with van der Waals surface area (Å²) in [6.07, 6.45) is 3.21.